The average molecular weight is 471 g/mol. The molecule has 1 saturated heterocycles. The summed E-state index contributed by atoms with van der Waals surface area (Å²) in [4.78, 5) is 27.5. The molecule has 1 heterocycles. The van der Waals surface area contributed by atoms with Crippen molar-refractivity contribution in [3.8, 4) is 0 Å². The Balaban J connectivity index is 1.72. The van der Waals surface area contributed by atoms with Gasteiger partial charge in [-0.25, -0.2) is 4.79 Å². The summed E-state index contributed by atoms with van der Waals surface area (Å²) in [6.45, 7) is 15.8. The zero-order chi connectivity index (χ0) is 25.0. The van der Waals surface area contributed by atoms with E-state index in [0.717, 1.165) is 12.0 Å². The van der Waals surface area contributed by atoms with E-state index in [0.29, 0.717) is 17.1 Å². The molecule has 2 bridgehead atoms. The van der Waals surface area contributed by atoms with Gasteiger partial charge < -0.3 is 19.3 Å². The molecule has 1 N–H and O–H groups in total. The highest BCUT2D eigenvalue weighted by Crippen LogP contribution is 2.72. The van der Waals surface area contributed by atoms with Crippen LogP contribution in [0.4, 0.5) is 0 Å². The van der Waals surface area contributed by atoms with Crippen molar-refractivity contribution in [2.45, 2.75) is 85.4 Å². The Morgan fingerprint density at radius 1 is 1.26 bits per heavy atom. The van der Waals surface area contributed by atoms with Crippen molar-refractivity contribution < 1.29 is 28.9 Å². The minimum atomic E-state index is -1.76. The molecule has 2 saturated carbocycles. The second-order valence-electron chi connectivity index (χ2n) is 12.2. The van der Waals surface area contributed by atoms with E-state index < -0.39 is 35.0 Å². The SMILES string of the molecule is C/C=C(/C)C(=O)O[C@H]1C(C)=C[C@@]23C(=O)[C@@H](C=C4COC(C)(C)O[C@H]4[C@]12O)[C@H]1[C@H](C[C@H]3C)C1(C)C. The van der Waals surface area contributed by atoms with E-state index >= 15 is 0 Å². The van der Waals surface area contributed by atoms with Crippen LogP contribution in [0, 0.1) is 34.5 Å². The van der Waals surface area contributed by atoms with Gasteiger partial charge in [-0.3, -0.25) is 4.79 Å². The van der Waals surface area contributed by atoms with Crippen LogP contribution in [0.15, 0.2) is 34.9 Å². The molecule has 5 aliphatic rings. The van der Waals surface area contributed by atoms with Gasteiger partial charge in [-0.1, -0.05) is 39.0 Å². The fraction of sp³-hybridized carbons (Fsp3) is 0.714. The van der Waals surface area contributed by atoms with Crippen LogP contribution in [0.2, 0.25) is 0 Å². The molecule has 0 unspecified atom stereocenters. The number of ketones is 1. The zero-order valence-corrected chi connectivity index (χ0v) is 21.6. The molecule has 6 nitrogen and oxygen atoms in total. The van der Waals surface area contributed by atoms with Crippen LogP contribution < -0.4 is 0 Å². The number of aliphatic hydroxyl groups is 1. The van der Waals surface area contributed by atoms with Gasteiger partial charge in [0.1, 0.15) is 6.10 Å². The highest BCUT2D eigenvalue weighted by atomic mass is 16.7. The first-order valence-electron chi connectivity index (χ1n) is 12.5. The van der Waals surface area contributed by atoms with Crippen molar-refractivity contribution in [3.05, 3.63) is 34.9 Å². The predicted molar refractivity (Wildman–Crippen MR) is 126 cm³/mol. The van der Waals surface area contributed by atoms with E-state index in [9.17, 15) is 14.7 Å². The van der Waals surface area contributed by atoms with Gasteiger partial charge in [-0.2, -0.15) is 0 Å². The number of ether oxygens (including phenoxy) is 3. The summed E-state index contributed by atoms with van der Waals surface area (Å²) in [6.07, 6.45) is 4.62. The van der Waals surface area contributed by atoms with Gasteiger partial charge in [-0.05, 0) is 75.4 Å². The monoisotopic (exact) mass is 470 g/mol. The average Bonchev–Trinajstić information content (AvgIpc) is 3.25. The van der Waals surface area contributed by atoms with E-state index in [2.05, 4.69) is 20.8 Å². The Hall–Kier alpha value is -1.76. The maximum atomic E-state index is 14.6. The molecule has 0 aromatic rings. The van der Waals surface area contributed by atoms with Crippen LogP contribution in [0.5, 0.6) is 0 Å². The first-order chi connectivity index (χ1) is 15.7. The van der Waals surface area contributed by atoms with Gasteiger partial charge >= 0.3 is 5.97 Å². The summed E-state index contributed by atoms with van der Waals surface area (Å²) in [5, 5.41) is 12.9. The fourth-order valence-corrected chi connectivity index (χ4v) is 7.62. The van der Waals surface area contributed by atoms with Gasteiger partial charge in [-0.15, -0.1) is 0 Å². The lowest BCUT2D eigenvalue weighted by Crippen LogP contribution is -2.68. The number of rotatable bonds is 2. The maximum absolute atomic E-state index is 14.6. The smallest absolute Gasteiger partial charge is 0.334 e. The molecule has 34 heavy (non-hydrogen) atoms. The topological polar surface area (TPSA) is 82.1 Å². The number of esters is 1. The van der Waals surface area contributed by atoms with Crippen molar-refractivity contribution in [2.24, 2.45) is 34.5 Å². The summed E-state index contributed by atoms with van der Waals surface area (Å²) in [5.74, 6) is -1.30. The third-order valence-electron chi connectivity index (χ3n) is 9.65. The van der Waals surface area contributed by atoms with Gasteiger partial charge in [0.15, 0.2) is 23.3 Å². The van der Waals surface area contributed by atoms with Crippen LogP contribution >= 0.6 is 0 Å². The largest absolute Gasteiger partial charge is 0.451 e. The Morgan fingerprint density at radius 2 is 1.94 bits per heavy atom. The molecule has 8 atom stereocenters. The van der Waals surface area contributed by atoms with Crippen LogP contribution in [-0.2, 0) is 23.8 Å². The summed E-state index contributed by atoms with van der Waals surface area (Å²) >= 11 is 0. The third-order valence-corrected chi connectivity index (χ3v) is 9.65. The molecule has 4 aliphatic carbocycles. The number of hydrogen-bond acceptors (Lipinski definition) is 6. The number of allylic oxidation sites excluding steroid dienone is 2. The Bertz CT molecular complexity index is 1050. The number of fused-ring (bicyclic) bond motifs is 5. The fourth-order valence-electron chi connectivity index (χ4n) is 7.62. The second-order valence-corrected chi connectivity index (χ2v) is 12.2. The second kappa shape index (κ2) is 7.14. The molecule has 1 aliphatic heterocycles. The molecular weight excluding hydrogens is 432 g/mol. The highest BCUT2D eigenvalue weighted by Gasteiger charge is 2.77. The molecule has 1 spiro atoms. The third kappa shape index (κ3) is 2.85. The van der Waals surface area contributed by atoms with Crippen LogP contribution in [0.25, 0.3) is 0 Å². The molecular formula is C28H38O6. The lowest BCUT2D eigenvalue weighted by Gasteiger charge is -2.52. The van der Waals surface area contributed by atoms with Crippen molar-refractivity contribution in [3.63, 3.8) is 0 Å². The molecule has 5 rings (SSSR count). The van der Waals surface area contributed by atoms with Gasteiger partial charge in [0.05, 0.1) is 12.0 Å². The van der Waals surface area contributed by atoms with Crippen molar-refractivity contribution >= 4 is 11.8 Å². The predicted octanol–water partition coefficient (Wildman–Crippen LogP) is 4.13. The van der Waals surface area contributed by atoms with Gasteiger partial charge in [0.2, 0.25) is 0 Å². The Morgan fingerprint density at radius 3 is 2.59 bits per heavy atom. The highest BCUT2D eigenvalue weighted by molar-refractivity contribution is 5.96. The van der Waals surface area contributed by atoms with Crippen LogP contribution in [0.3, 0.4) is 0 Å². The lowest BCUT2D eigenvalue weighted by molar-refractivity contribution is -0.303. The number of carbonyl (C=O) groups excluding carboxylic acids is 2. The normalized spacial score (nSPS) is 46.1. The summed E-state index contributed by atoms with van der Waals surface area (Å²) in [7, 11) is 0. The summed E-state index contributed by atoms with van der Waals surface area (Å²) < 4.78 is 18.4. The van der Waals surface area contributed by atoms with E-state index in [1.165, 1.54) is 0 Å². The van der Waals surface area contributed by atoms with Gasteiger partial charge in [0.25, 0.3) is 0 Å². The summed E-state index contributed by atoms with van der Waals surface area (Å²) in [6, 6.07) is 0. The van der Waals surface area contributed by atoms with E-state index in [1.54, 1.807) is 19.9 Å². The molecule has 0 aromatic carbocycles. The first-order valence-corrected chi connectivity index (χ1v) is 12.5. The van der Waals surface area contributed by atoms with Crippen LogP contribution in [-0.4, -0.2) is 47.1 Å². The Kier molecular flexibility index (Phi) is 5.03. The number of Topliss-reactive ketones (excluding diaryl/α,β-unsaturated/α-hetero) is 1. The first kappa shape index (κ1) is 24.0. The molecule has 3 fully saturated rings. The Labute approximate surface area is 202 Å². The number of hydrogen-bond donors (Lipinski definition) is 1. The minimum Gasteiger partial charge on any atom is -0.451 e. The molecule has 0 aromatic heterocycles. The van der Waals surface area contributed by atoms with Crippen molar-refractivity contribution in [2.75, 3.05) is 6.61 Å². The van der Waals surface area contributed by atoms with E-state index in [4.69, 9.17) is 14.2 Å². The summed E-state index contributed by atoms with van der Waals surface area (Å²) in [5.41, 5.74) is -0.994. The van der Waals surface area contributed by atoms with E-state index in [1.807, 2.05) is 32.9 Å². The van der Waals surface area contributed by atoms with E-state index in [-0.39, 0.29) is 35.6 Å². The van der Waals surface area contributed by atoms with Crippen LogP contribution in [0.1, 0.15) is 61.8 Å². The van der Waals surface area contributed by atoms with Crippen molar-refractivity contribution in [1.29, 1.82) is 0 Å². The standard InChI is InChI=1S/C28H38O6/c1-9-14(2)24(30)33-22-15(3)12-27-16(4)10-19-20(25(19,5)6)18(21(27)29)11-17-13-32-26(7,8)34-23(17)28(22,27)31/h9,11-12,16,18-20,22-23,31H,10,13H2,1-8H3/b14-9-/t16-,18+,19+,20+,22+,23-,27-,28-/m1/s1. The number of carbonyl (C=O) groups is 2. The zero-order valence-electron chi connectivity index (χ0n) is 21.6. The minimum absolute atomic E-state index is 0.0181. The van der Waals surface area contributed by atoms with Gasteiger partial charge in [0, 0.05) is 11.5 Å². The lowest BCUT2D eigenvalue weighted by atomic mass is 9.59. The molecule has 0 amide bonds. The quantitative estimate of drug-likeness (QED) is 0.371. The molecule has 0 radical (unpaired) electrons. The molecule has 186 valence electrons. The maximum Gasteiger partial charge on any atom is 0.334 e. The van der Waals surface area contributed by atoms with Crippen molar-refractivity contribution in [1.82, 2.24) is 0 Å². The molecule has 6 heteroatoms.